The highest BCUT2D eigenvalue weighted by atomic mass is 32.1. The van der Waals surface area contributed by atoms with E-state index >= 15 is 0 Å². The second-order valence-electron chi connectivity index (χ2n) is 6.69. The number of amides is 1. The molecule has 1 aliphatic carbocycles. The van der Waals surface area contributed by atoms with Crippen LogP contribution in [0.2, 0.25) is 0 Å². The van der Waals surface area contributed by atoms with Gasteiger partial charge in [-0.3, -0.25) is 4.79 Å². The summed E-state index contributed by atoms with van der Waals surface area (Å²) >= 11 is 1.49. The van der Waals surface area contributed by atoms with Crippen LogP contribution in [0.15, 0.2) is 23.6 Å². The third-order valence-corrected chi connectivity index (χ3v) is 5.82. The van der Waals surface area contributed by atoms with E-state index in [9.17, 15) is 4.79 Å². The van der Waals surface area contributed by atoms with Crippen molar-refractivity contribution in [3.05, 3.63) is 34.2 Å². The van der Waals surface area contributed by atoms with Crippen molar-refractivity contribution in [2.45, 2.75) is 24.8 Å². The Bertz CT molecular complexity index is 751. The van der Waals surface area contributed by atoms with Crippen LogP contribution in [-0.4, -0.2) is 53.0 Å². The SMILES string of the molecule is Nc1nc(C2CC(N)C2)cc(N2CCN(C(=O)c3cccs3)CC2)n1. The van der Waals surface area contributed by atoms with Crippen molar-refractivity contribution in [1.82, 2.24) is 14.9 Å². The van der Waals surface area contributed by atoms with E-state index in [2.05, 4.69) is 14.9 Å². The predicted octanol–water partition coefficient (Wildman–Crippen LogP) is 1.29. The topological polar surface area (TPSA) is 101 Å². The summed E-state index contributed by atoms with van der Waals surface area (Å²) < 4.78 is 0. The van der Waals surface area contributed by atoms with Gasteiger partial charge in [-0.25, -0.2) is 4.98 Å². The Balaban J connectivity index is 1.43. The monoisotopic (exact) mass is 358 g/mol. The van der Waals surface area contributed by atoms with Crippen molar-refractivity contribution in [1.29, 1.82) is 0 Å². The van der Waals surface area contributed by atoms with E-state index in [1.165, 1.54) is 11.3 Å². The van der Waals surface area contributed by atoms with Gasteiger partial charge in [-0.05, 0) is 24.3 Å². The van der Waals surface area contributed by atoms with Gasteiger partial charge in [0.2, 0.25) is 5.95 Å². The minimum Gasteiger partial charge on any atom is -0.368 e. The van der Waals surface area contributed by atoms with Crippen LogP contribution in [0, 0.1) is 0 Å². The number of nitrogens with two attached hydrogens (primary N) is 2. The van der Waals surface area contributed by atoms with Gasteiger partial charge in [-0.15, -0.1) is 11.3 Å². The van der Waals surface area contributed by atoms with Crippen LogP contribution in [0.1, 0.15) is 34.1 Å². The van der Waals surface area contributed by atoms with Crippen LogP contribution in [0.5, 0.6) is 0 Å². The number of rotatable bonds is 3. The zero-order valence-electron chi connectivity index (χ0n) is 14.0. The van der Waals surface area contributed by atoms with Crippen molar-refractivity contribution >= 4 is 29.0 Å². The molecule has 4 N–H and O–H groups in total. The lowest BCUT2D eigenvalue weighted by atomic mass is 9.78. The molecular formula is C17H22N6OS. The van der Waals surface area contributed by atoms with E-state index in [4.69, 9.17) is 11.5 Å². The minimum atomic E-state index is 0.112. The maximum Gasteiger partial charge on any atom is 0.264 e. The molecule has 2 aliphatic rings. The molecule has 1 saturated carbocycles. The van der Waals surface area contributed by atoms with E-state index < -0.39 is 0 Å². The number of anilines is 2. The van der Waals surface area contributed by atoms with Crippen molar-refractivity contribution < 1.29 is 4.79 Å². The number of piperazine rings is 1. The fraction of sp³-hybridized carbons (Fsp3) is 0.471. The Morgan fingerprint density at radius 3 is 2.60 bits per heavy atom. The third-order valence-electron chi connectivity index (χ3n) is 4.97. The Morgan fingerprint density at radius 2 is 1.96 bits per heavy atom. The molecule has 2 aromatic rings. The number of hydrogen-bond acceptors (Lipinski definition) is 7. The lowest BCUT2D eigenvalue weighted by molar-refractivity contribution is 0.0751. The van der Waals surface area contributed by atoms with Crippen LogP contribution in [0.4, 0.5) is 11.8 Å². The molecule has 0 unspecified atom stereocenters. The van der Waals surface area contributed by atoms with Gasteiger partial charge in [0.25, 0.3) is 5.91 Å². The highest BCUT2D eigenvalue weighted by molar-refractivity contribution is 7.12. The molecule has 0 spiro atoms. The summed E-state index contributed by atoms with van der Waals surface area (Å²) in [7, 11) is 0. The first kappa shape index (κ1) is 16.3. The zero-order chi connectivity index (χ0) is 17.4. The molecule has 0 atom stereocenters. The highest BCUT2D eigenvalue weighted by Crippen LogP contribution is 2.36. The number of thiophene rings is 1. The Labute approximate surface area is 150 Å². The van der Waals surface area contributed by atoms with Gasteiger partial charge in [-0.2, -0.15) is 4.98 Å². The summed E-state index contributed by atoms with van der Waals surface area (Å²) in [6.45, 7) is 2.86. The number of aromatic nitrogens is 2. The van der Waals surface area contributed by atoms with Crippen molar-refractivity contribution in [3.8, 4) is 0 Å². The predicted molar refractivity (Wildman–Crippen MR) is 98.8 cm³/mol. The maximum atomic E-state index is 12.4. The molecule has 1 saturated heterocycles. The molecule has 25 heavy (non-hydrogen) atoms. The Hall–Kier alpha value is -2.19. The average Bonchev–Trinajstić information content (AvgIpc) is 3.12. The first-order valence-electron chi connectivity index (χ1n) is 8.58. The molecule has 2 aromatic heterocycles. The molecule has 132 valence electrons. The van der Waals surface area contributed by atoms with E-state index in [1.54, 1.807) is 0 Å². The first-order valence-corrected chi connectivity index (χ1v) is 9.46. The number of nitrogen functional groups attached to an aromatic ring is 1. The van der Waals surface area contributed by atoms with E-state index in [-0.39, 0.29) is 11.9 Å². The second-order valence-corrected chi connectivity index (χ2v) is 7.64. The maximum absolute atomic E-state index is 12.4. The van der Waals surface area contributed by atoms with Crippen LogP contribution < -0.4 is 16.4 Å². The number of carbonyl (C=O) groups excluding carboxylic acids is 1. The van der Waals surface area contributed by atoms with Gasteiger partial charge in [-0.1, -0.05) is 6.07 Å². The summed E-state index contributed by atoms with van der Waals surface area (Å²) in [5.74, 6) is 1.66. The molecule has 3 heterocycles. The number of hydrogen-bond donors (Lipinski definition) is 2. The van der Waals surface area contributed by atoms with Gasteiger partial charge in [0, 0.05) is 44.2 Å². The minimum absolute atomic E-state index is 0.112. The standard InChI is InChI=1S/C17H22N6OS/c18-12-8-11(9-12)13-10-15(21-17(19)20-13)22-3-5-23(6-4-22)16(24)14-2-1-7-25-14/h1-2,7,10-12H,3-6,8-9,18H2,(H2,19,20,21). The number of carbonyl (C=O) groups is 1. The normalized spacial score (nSPS) is 23.4. The lowest BCUT2D eigenvalue weighted by Gasteiger charge is -2.36. The summed E-state index contributed by atoms with van der Waals surface area (Å²) in [4.78, 5) is 26.1. The summed E-state index contributed by atoms with van der Waals surface area (Å²) in [6, 6.07) is 6.09. The molecule has 0 bridgehead atoms. The van der Waals surface area contributed by atoms with Crippen molar-refractivity contribution in [2.75, 3.05) is 36.8 Å². The van der Waals surface area contributed by atoms with Gasteiger partial charge < -0.3 is 21.3 Å². The third kappa shape index (κ3) is 3.32. The van der Waals surface area contributed by atoms with Crippen LogP contribution in [-0.2, 0) is 0 Å². The van der Waals surface area contributed by atoms with Gasteiger partial charge in [0.1, 0.15) is 5.82 Å². The van der Waals surface area contributed by atoms with Crippen LogP contribution in [0.25, 0.3) is 0 Å². The molecule has 0 radical (unpaired) electrons. The van der Waals surface area contributed by atoms with Crippen molar-refractivity contribution in [2.24, 2.45) is 5.73 Å². The lowest BCUT2D eigenvalue weighted by Crippen LogP contribution is -2.49. The van der Waals surface area contributed by atoms with Crippen molar-refractivity contribution in [3.63, 3.8) is 0 Å². The van der Waals surface area contributed by atoms with E-state index in [0.29, 0.717) is 25.0 Å². The first-order chi connectivity index (χ1) is 12.1. The largest absolute Gasteiger partial charge is 0.368 e. The molecule has 7 nitrogen and oxygen atoms in total. The molecule has 4 rings (SSSR count). The molecule has 8 heteroatoms. The summed E-state index contributed by atoms with van der Waals surface area (Å²) in [5.41, 5.74) is 12.8. The second kappa shape index (κ2) is 6.61. The van der Waals surface area contributed by atoms with Gasteiger partial charge in [0.15, 0.2) is 0 Å². The molecule has 2 fully saturated rings. The molecule has 1 amide bonds. The molecule has 1 aliphatic heterocycles. The smallest absolute Gasteiger partial charge is 0.264 e. The Kier molecular flexibility index (Phi) is 4.30. The molecular weight excluding hydrogens is 336 g/mol. The highest BCUT2D eigenvalue weighted by Gasteiger charge is 2.30. The van der Waals surface area contributed by atoms with E-state index in [1.807, 2.05) is 28.5 Å². The Morgan fingerprint density at radius 1 is 1.20 bits per heavy atom. The zero-order valence-corrected chi connectivity index (χ0v) is 14.8. The fourth-order valence-corrected chi connectivity index (χ4v) is 4.13. The summed E-state index contributed by atoms with van der Waals surface area (Å²) in [6.07, 6.45) is 1.91. The molecule has 0 aromatic carbocycles. The quantitative estimate of drug-likeness (QED) is 0.857. The fourth-order valence-electron chi connectivity index (χ4n) is 3.44. The number of nitrogens with zero attached hydrogens (tertiary/aromatic N) is 4. The van der Waals surface area contributed by atoms with Crippen LogP contribution in [0.3, 0.4) is 0 Å². The van der Waals surface area contributed by atoms with Gasteiger partial charge >= 0.3 is 0 Å². The van der Waals surface area contributed by atoms with Gasteiger partial charge in [0.05, 0.1) is 10.6 Å². The average molecular weight is 358 g/mol. The van der Waals surface area contributed by atoms with E-state index in [0.717, 1.165) is 42.3 Å². The van der Waals surface area contributed by atoms with Crippen LogP contribution >= 0.6 is 11.3 Å². The summed E-state index contributed by atoms with van der Waals surface area (Å²) in [5, 5.41) is 1.93.